The molecule has 208 valence electrons. The van der Waals surface area contributed by atoms with Crippen LogP contribution in [-0.2, 0) is 9.47 Å². The van der Waals surface area contributed by atoms with Gasteiger partial charge in [-0.3, -0.25) is 4.99 Å². The van der Waals surface area contributed by atoms with Crippen molar-refractivity contribution in [3.05, 3.63) is 71.1 Å². The first-order valence-electron chi connectivity index (χ1n) is 13.3. The summed E-state index contributed by atoms with van der Waals surface area (Å²) in [6, 6.07) is 14.5. The fourth-order valence-corrected chi connectivity index (χ4v) is 5.47. The summed E-state index contributed by atoms with van der Waals surface area (Å²) >= 11 is 1.53. The second-order valence-electron chi connectivity index (χ2n) is 11.0. The largest absolute Gasteiger partial charge is 0.472 e. The summed E-state index contributed by atoms with van der Waals surface area (Å²) in [4.78, 5) is 25.0. The van der Waals surface area contributed by atoms with E-state index in [-0.39, 0.29) is 18.1 Å². The van der Waals surface area contributed by atoms with Crippen LogP contribution >= 0.6 is 11.9 Å². The third-order valence-corrected chi connectivity index (χ3v) is 7.29. The van der Waals surface area contributed by atoms with Gasteiger partial charge in [-0.05, 0) is 94.9 Å². The Morgan fingerprint density at radius 1 is 1.18 bits per heavy atom. The van der Waals surface area contributed by atoms with Crippen molar-refractivity contribution in [3.8, 4) is 0 Å². The third kappa shape index (κ3) is 8.10. The maximum atomic E-state index is 13.1. The number of carbonyl (C=O) groups excluding carboxylic acids is 1. The van der Waals surface area contributed by atoms with Crippen molar-refractivity contribution in [2.45, 2.75) is 57.6 Å². The topological polar surface area (TPSA) is 87.6 Å². The molecule has 2 heterocycles. The summed E-state index contributed by atoms with van der Waals surface area (Å²) in [7, 11) is 0. The number of ether oxygens (including phenoxy) is 2. The summed E-state index contributed by atoms with van der Waals surface area (Å²) in [5, 5.41) is 3.54. The highest BCUT2D eigenvalue weighted by molar-refractivity contribution is 7.97. The zero-order chi connectivity index (χ0) is 28.0. The van der Waals surface area contributed by atoms with E-state index in [4.69, 9.17) is 14.5 Å². The number of hydrogen-bond acceptors (Lipinski definition) is 8. The molecule has 2 aliphatic rings. The molecule has 2 N–H and O–H groups in total. The summed E-state index contributed by atoms with van der Waals surface area (Å²) < 4.78 is 15.5. The zero-order valence-electron chi connectivity index (χ0n) is 23.5. The van der Waals surface area contributed by atoms with Gasteiger partial charge in [0.25, 0.3) is 0 Å². The van der Waals surface area contributed by atoms with Gasteiger partial charge in [-0.15, -0.1) is 0 Å². The fourth-order valence-electron chi connectivity index (χ4n) is 4.85. The van der Waals surface area contributed by atoms with E-state index >= 15 is 0 Å². The van der Waals surface area contributed by atoms with Crippen LogP contribution in [0.3, 0.4) is 0 Å². The van der Waals surface area contributed by atoms with Crippen LogP contribution in [-0.4, -0.2) is 61.4 Å². The van der Waals surface area contributed by atoms with Crippen LogP contribution in [0.2, 0.25) is 0 Å². The van der Waals surface area contributed by atoms with Crippen LogP contribution in [0.15, 0.2) is 69.3 Å². The fraction of sp³-hybridized carbons (Fsp3) is 0.433. The number of piperidine rings is 1. The van der Waals surface area contributed by atoms with E-state index in [1.54, 1.807) is 4.90 Å². The van der Waals surface area contributed by atoms with Crippen molar-refractivity contribution in [3.63, 3.8) is 0 Å². The van der Waals surface area contributed by atoms with E-state index in [2.05, 4.69) is 65.9 Å². The number of hydrogen-bond donors (Lipinski definition) is 2. The zero-order valence-corrected chi connectivity index (χ0v) is 24.3. The average Bonchev–Trinajstić information content (AvgIpc) is 2.88. The van der Waals surface area contributed by atoms with Gasteiger partial charge in [0, 0.05) is 35.3 Å². The molecule has 0 aliphatic carbocycles. The van der Waals surface area contributed by atoms with Crippen molar-refractivity contribution in [2.24, 2.45) is 15.9 Å². The van der Waals surface area contributed by atoms with Gasteiger partial charge in [0.2, 0.25) is 5.88 Å². The first-order valence-corrected chi connectivity index (χ1v) is 14.1. The number of fused-ring (bicyclic) bond motifs is 4. The number of amides is 1. The van der Waals surface area contributed by atoms with E-state index in [0.29, 0.717) is 32.2 Å². The molecule has 0 saturated carbocycles. The lowest BCUT2D eigenvalue weighted by atomic mass is 9.95. The molecule has 1 fully saturated rings. The van der Waals surface area contributed by atoms with Gasteiger partial charge in [0.05, 0.1) is 18.9 Å². The number of likely N-dealkylation sites (tertiary alicyclic amines) is 1. The lowest BCUT2D eigenvalue weighted by Gasteiger charge is -2.38. The summed E-state index contributed by atoms with van der Waals surface area (Å²) in [5.41, 5.74) is 4.47. The van der Waals surface area contributed by atoms with E-state index in [0.717, 1.165) is 39.4 Å². The van der Waals surface area contributed by atoms with E-state index < -0.39 is 5.60 Å². The highest BCUT2D eigenvalue weighted by atomic mass is 32.2. The molecule has 1 saturated heterocycles. The van der Waals surface area contributed by atoms with Gasteiger partial charge in [-0.25, -0.2) is 14.5 Å². The first-order chi connectivity index (χ1) is 18.6. The molecule has 2 unspecified atom stereocenters. The minimum Gasteiger partial charge on any atom is -0.472 e. The molecule has 0 spiro atoms. The van der Waals surface area contributed by atoms with Crippen molar-refractivity contribution in [2.75, 3.05) is 31.6 Å². The van der Waals surface area contributed by atoms with Crippen LogP contribution in [0.5, 0.6) is 0 Å². The number of carbonyl (C=O) groups is 1. The van der Waals surface area contributed by atoms with Crippen LogP contribution in [0.1, 0.15) is 43.9 Å². The molecular weight excluding hydrogens is 510 g/mol. The van der Waals surface area contributed by atoms with Gasteiger partial charge >= 0.3 is 6.09 Å². The molecule has 2 aromatic carbocycles. The summed E-state index contributed by atoms with van der Waals surface area (Å²) in [6.45, 7) is 15.6. The second-order valence-corrected chi connectivity index (χ2v) is 12.0. The number of rotatable bonds is 2. The summed E-state index contributed by atoms with van der Waals surface area (Å²) in [6.07, 6.45) is 1.99. The van der Waals surface area contributed by atoms with Crippen LogP contribution in [0.25, 0.3) is 0 Å². The quantitative estimate of drug-likeness (QED) is 0.355. The number of allylic oxidation sites excluding steroid dienone is 1. The number of benzene rings is 2. The molecule has 1 amide bonds. The molecule has 8 nitrogen and oxygen atoms in total. The Morgan fingerprint density at radius 2 is 1.92 bits per heavy atom. The number of aryl methyl sites for hydroxylation is 2. The lowest BCUT2D eigenvalue weighted by molar-refractivity contribution is -0.0146. The van der Waals surface area contributed by atoms with Gasteiger partial charge in [0.15, 0.2) is 0 Å². The third-order valence-electron chi connectivity index (χ3n) is 6.52. The first kappa shape index (κ1) is 28.7. The van der Waals surface area contributed by atoms with Crippen molar-refractivity contribution in [1.29, 1.82) is 0 Å². The highest BCUT2D eigenvalue weighted by Crippen LogP contribution is 2.26. The molecule has 9 heteroatoms. The standard InChI is InChI=1S/C30H39N5O3S/c1-20-9-7-10-21(2)28(20)26-15-27(31-6)37-24-13-22(17-35(18-24)29(36)38-30(3,4)5)16-32-23-11-8-12-25(14-23)39-34-19-33-26/h7-12,14-15,22,24,32,34H,6,13,16-19H2,1-5H3/b27-15+,33-26+. The molecule has 4 bridgehead atoms. The molecule has 2 atom stereocenters. The molecule has 39 heavy (non-hydrogen) atoms. The minimum absolute atomic E-state index is 0.149. The Bertz CT molecular complexity index is 1230. The van der Waals surface area contributed by atoms with Crippen molar-refractivity contribution < 1.29 is 14.3 Å². The van der Waals surface area contributed by atoms with Crippen molar-refractivity contribution >= 4 is 36.2 Å². The molecule has 2 aliphatic heterocycles. The summed E-state index contributed by atoms with van der Waals surface area (Å²) in [5.74, 6) is 0.528. The van der Waals surface area contributed by atoms with Gasteiger partial charge in [0.1, 0.15) is 11.7 Å². The predicted octanol–water partition coefficient (Wildman–Crippen LogP) is 5.96. The maximum absolute atomic E-state index is 13.1. The lowest BCUT2D eigenvalue weighted by Crippen LogP contribution is -2.50. The Labute approximate surface area is 236 Å². The number of nitrogens with one attached hydrogen (secondary N) is 2. The van der Waals surface area contributed by atoms with Crippen molar-refractivity contribution in [1.82, 2.24) is 9.62 Å². The Balaban J connectivity index is 1.70. The van der Waals surface area contributed by atoms with E-state index in [1.165, 1.54) is 11.9 Å². The molecule has 0 aromatic heterocycles. The Hall–Kier alpha value is -3.30. The normalized spacial score (nSPS) is 23.3. The van der Waals surface area contributed by atoms with Crippen LogP contribution < -0.4 is 10.0 Å². The highest BCUT2D eigenvalue weighted by Gasteiger charge is 2.34. The minimum atomic E-state index is -0.580. The Morgan fingerprint density at radius 3 is 2.64 bits per heavy atom. The Kier molecular flexibility index (Phi) is 9.35. The molecule has 2 aromatic rings. The number of aliphatic imine (C=N–C) groups is 2. The monoisotopic (exact) mass is 549 g/mol. The SMILES string of the molecule is C=N/C1=C\C(c2c(C)cccc2C)=N/CNSc2cccc(c2)NCC2CC(CN(C(=O)OC(C)(C)C)C2)O1. The molecular formula is C30H39N5O3S. The van der Waals surface area contributed by atoms with Gasteiger partial charge < -0.3 is 19.7 Å². The predicted molar refractivity (Wildman–Crippen MR) is 160 cm³/mol. The van der Waals surface area contributed by atoms with E-state index in [1.807, 2.05) is 39.0 Å². The number of anilines is 1. The van der Waals surface area contributed by atoms with Gasteiger partial charge in [-0.2, -0.15) is 0 Å². The smallest absolute Gasteiger partial charge is 0.410 e. The number of nitrogens with zero attached hydrogens (tertiary/aromatic N) is 3. The molecule has 4 rings (SSSR count). The van der Waals surface area contributed by atoms with E-state index in [9.17, 15) is 4.79 Å². The maximum Gasteiger partial charge on any atom is 0.410 e. The van der Waals surface area contributed by atoms with Crippen LogP contribution in [0, 0.1) is 19.8 Å². The van der Waals surface area contributed by atoms with Gasteiger partial charge in [-0.1, -0.05) is 24.3 Å². The molecule has 0 radical (unpaired) electrons. The van der Waals surface area contributed by atoms with Crippen LogP contribution in [0.4, 0.5) is 10.5 Å². The second kappa shape index (κ2) is 12.7. The average molecular weight is 550 g/mol.